The van der Waals surface area contributed by atoms with Gasteiger partial charge in [-0.15, -0.1) is 11.3 Å². The van der Waals surface area contributed by atoms with E-state index in [1.54, 1.807) is 46.3 Å². The van der Waals surface area contributed by atoms with Gasteiger partial charge < -0.3 is 4.90 Å². The molecule has 0 N–H and O–H groups in total. The second kappa shape index (κ2) is 9.62. The van der Waals surface area contributed by atoms with Gasteiger partial charge in [0.25, 0.3) is 0 Å². The summed E-state index contributed by atoms with van der Waals surface area (Å²) < 4.78 is 13.3. The highest BCUT2D eigenvalue weighted by Crippen LogP contribution is 2.21. The number of hydrogen-bond acceptors (Lipinski definition) is 5. The van der Waals surface area contributed by atoms with Gasteiger partial charge in [0, 0.05) is 35.2 Å². The summed E-state index contributed by atoms with van der Waals surface area (Å²) in [5, 5.41) is 2.91. The normalized spacial score (nSPS) is 10.7. The molecule has 2 aromatic heterocycles. The molecule has 0 radical (unpaired) electrons. The number of aromatic nitrogens is 2. The maximum absolute atomic E-state index is 13.3. The number of halogens is 1. The predicted octanol–water partition coefficient (Wildman–Crippen LogP) is 4.84. The van der Waals surface area contributed by atoms with E-state index in [9.17, 15) is 9.18 Å². The summed E-state index contributed by atoms with van der Waals surface area (Å²) in [5.41, 5.74) is 2.53. The highest BCUT2D eigenvalue weighted by molar-refractivity contribution is 7.98. The second-order valence-electron chi connectivity index (χ2n) is 5.94. The van der Waals surface area contributed by atoms with Crippen LogP contribution in [0.1, 0.15) is 22.8 Å². The van der Waals surface area contributed by atoms with Crippen LogP contribution >= 0.6 is 23.1 Å². The zero-order valence-electron chi connectivity index (χ0n) is 15.0. The molecule has 1 amide bonds. The van der Waals surface area contributed by atoms with Crippen LogP contribution in [-0.2, 0) is 17.1 Å². The summed E-state index contributed by atoms with van der Waals surface area (Å²) in [4.78, 5) is 23.2. The number of pyridine rings is 1. The van der Waals surface area contributed by atoms with Crippen LogP contribution in [0.15, 0.2) is 54.0 Å². The number of amides is 1. The first kappa shape index (κ1) is 19.5. The molecular formula is C20H20FN3OS2. The molecule has 0 aliphatic rings. The lowest BCUT2D eigenvalue weighted by atomic mass is 10.2. The van der Waals surface area contributed by atoms with E-state index in [0.29, 0.717) is 24.4 Å². The summed E-state index contributed by atoms with van der Waals surface area (Å²) in [7, 11) is 0. The maximum Gasteiger partial charge on any atom is 0.228 e. The number of hydrogen-bond donors (Lipinski definition) is 0. The minimum absolute atomic E-state index is 0.000724. The fraction of sp³-hybridized carbons (Fsp3) is 0.250. The molecule has 0 saturated heterocycles. The summed E-state index contributed by atoms with van der Waals surface area (Å²) in [6, 6.07) is 11.8. The first-order chi connectivity index (χ1) is 13.1. The number of carbonyl (C=O) groups is 1. The number of carbonyl (C=O) groups excluding carboxylic acids is 1. The number of thioether (sulfide) groups is 1. The van der Waals surface area contributed by atoms with E-state index in [4.69, 9.17) is 0 Å². The van der Waals surface area contributed by atoms with E-state index in [1.807, 2.05) is 30.5 Å². The van der Waals surface area contributed by atoms with Crippen LogP contribution in [0.2, 0.25) is 0 Å². The number of anilines is 1. The smallest absolute Gasteiger partial charge is 0.228 e. The lowest BCUT2D eigenvalue weighted by Crippen LogP contribution is -2.30. The van der Waals surface area contributed by atoms with Crippen molar-refractivity contribution in [2.24, 2.45) is 0 Å². The van der Waals surface area contributed by atoms with Crippen LogP contribution in [0.5, 0.6) is 0 Å². The van der Waals surface area contributed by atoms with Gasteiger partial charge >= 0.3 is 0 Å². The van der Waals surface area contributed by atoms with Crippen molar-refractivity contribution >= 4 is 34.7 Å². The average molecular weight is 402 g/mol. The third-order valence-corrected chi connectivity index (χ3v) is 5.68. The van der Waals surface area contributed by atoms with Gasteiger partial charge in [0.1, 0.15) is 5.82 Å². The fourth-order valence-electron chi connectivity index (χ4n) is 2.54. The van der Waals surface area contributed by atoms with Gasteiger partial charge in [-0.25, -0.2) is 9.37 Å². The van der Waals surface area contributed by atoms with Crippen LogP contribution in [0.4, 0.5) is 10.1 Å². The van der Waals surface area contributed by atoms with Crippen molar-refractivity contribution in [1.29, 1.82) is 0 Å². The van der Waals surface area contributed by atoms with E-state index >= 15 is 0 Å². The molecule has 0 atom stereocenters. The van der Waals surface area contributed by atoms with Crippen molar-refractivity contribution in [3.8, 4) is 0 Å². The molecule has 0 aliphatic carbocycles. The van der Waals surface area contributed by atoms with Gasteiger partial charge in [0.05, 0.1) is 22.9 Å². The first-order valence-electron chi connectivity index (χ1n) is 8.56. The Balaban J connectivity index is 1.62. The standard InChI is InChI=1S/C20H20FN3OS2/c1-15-23-18(14-27-15)12-24(19-7-5-16(21)6-8-19)20(25)9-11-26-13-17-4-2-3-10-22-17/h2-8,10,14H,9,11-13H2,1H3. The quantitative estimate of drug-likeness (QED) is 0.507. The number of rotatable bonds is 8. The SMILES string of the molecule is Cc1nc(CN(C(=O)CCSCc2ccccn2)c2ccc(F)cc2)cs1. The van der Waals surface area contributed by atoms with Crippen molar-refractivity contribution in [1.82, 2.24) is 9.97 Å². The average Bonchev–Trinajstić information content (AvgIpc) is 3.10. The molecule has 7 heteroatoms. The Hall–Kier alpha value is -2.25. The van der Waals surface area contributed by atoms with Gasteiger partial charge in [-0.2, -0.15) is 11.8 Å². The third kappa shape index (κ3) is 5.87. The van der Waals surface area contributed by atoms with E-state index < -0.39 is 0 Å². The van der Waals surface area contributed by atoms with Crippen molar-refractivity contribution in [2.75, 3.05) is 10.7 Å². The Kier molecular flexibility index (Phi) is 6.95. The minimum Gasteiger partial charge on any atom is -0.306 e. The van der Waals surface area contributed by atoms with Gasteiger partial charge in [-0.05, 0) is 43.3 Å². The van der Waals surface area contributed by atoms with Gasteiger partial charge in [0.15, 0.2) is 0 Å². The third-order valence-electron chi connectivity index (χ3n) is 3.86. The molecule has 27 heavy (non-hydrogen) atoms. The fourth-order valence-corrected chi connectivity index (χ4v) is 3.99. The monoisotopic (exact) mass is 401 g/mol. The summed E-state index contributed by atoms with van der Waals surface area (Å²) >= 11 is 3.23. The second-order valence-corrected chi connectivity index (χ2v) is 8.11. The number of thiazole rings is 1. The molecular weight excluding hydrogens is 381 g/mol. The van der Waals surface area contributed by atoms with E-state index in [0.717, 1.165) is 22.1 Å². The Morgan fingerprint density at radius 3 is 2.67 bits per heavy atom. The van der Waals surface area contributed by atoms with E-state index in [1.165, 1.54) is 12.1 Å². The van der Waals surface area contributed by atoms with Crippen LogP contribution in [-0.4, -0.2) is 21.6 Å². The van der Waals surface area contributed by atoms with Crippen LogP contribution in [0.3, 0.4) is 0 Å². The summed E-state index contributed by atoms with van der Waals surface area (Å²) in [6.07, 6.45) is 2.17. The number of nitrogens with zero attached hydrogens (tertiary/aromatic N) is 3. The molecule has 0 saturated carbocycles. The molecule has 0 aliphatic heterocycles. The molecule has 4 nitrogen and oxygen atoms in total. The molecule has 2 heterocycles. The van der Waals surface area contributed by atoms with E-state index in [2.05, 4.69) is 9.97 Å². The van der Waals surface area contributed by atoms with E-state index in [-0.39, 0.29) is 11.7 Å². The van der Waals surface area contributed by atoms with Gasteiger partial charge in [-0.3, -0.25) is 9.78 Å². The lowest BCUT2D eigenvalue weighted by molar-refractivity contribution is -0.118. The summed E-state index contributed by atoms with van der Waals surface area (Å²) in [5.74, 6) is 1.15. The number of benzene rings is 1. The predicted molar refractivity (Wildman–Crippen MR) is 109 cm³/mol. The zero-order chi connectivity index (χ0) is 19.1. The Morgan fingerprint density at radius 2 is 2.00 bits per heavy atom. The maximum atomic E-state index is 13.3. The molecule has 3 aromatic rings. The van der Waals surface area contributed by atoms with Gasteiger partial charge in [0.2, 0.25) is 5.91 Å². The largest absolute Gasteiger partial charge is 0.306 e. The topological polar surface area (TPSA) is 46.1 Å². The molecule has 140 valence electrons. The lowest BCUT2D eigenvalue weighted by Gasteiger charge is -2.22. The van der Waals surface area contributed by atoms with Gasteiger partial charge in [-0.1, -0.05) is 6.07 Å². The molecule has 0 unspecified atom stereocenters. The first-order valence-corrected chi connectivity index (χ1v) is 10.6. The van der Waals surface area contributed by atoms with Crippen LogP contribution in [0.25, 0.3) is 0 Å². The molecule has 1 aromatic carbocycles. The minimum atomic E-state index is -0.318. The Labute approximate surface area is 166 Å². The molecule has 0 spiro atoms. The van der Waals surface area contributed by atoms with Crippen molar-refractivity contribution in [3.63, 3.8) is 0 Å². The summed E-state index contributed by atoms with van der Waals surface area (Å²) in [6.45, 7) is 2.33. The molecule has 0 fully saturated rings. The Bertz CT molecular complexity index is 868. The van der Waals surface area contributed by atoms with Crippen LogP contribution < -0.4 is 4.90 Å². The highest BCUT2D eigenvalue weighted by atomic mass is 32.2. The zero-order valence-corrected chi connectivity index (χ0v) is 16.6. The van der Waals surface area contributed by atoms with Crippen LogP contribution in [0, 0.1) is 12.7 Å². The molecule has 0 bridgehead atoms. The van der Waals surface area contributed by atoms with Crippen molar-refractivity contribution < 1.29 is 9.18 Å². The van der Waals surface area contributed by atoms with Crippen molar-refractivity contribution in [2.45, 2.75) is 25.6 Å². The highest BCUT2D eigenvalue weighted by Gasteiger charge is 2.17. The number of aryl methyl sites for hydroxylation is 1. The molecule has 3 rings (SSSR count). The van der Waals surface area contributed by atoms with Crippen molar-refractivity contribution in [3.05, 3.63) is 76.3 Å². The Morgan fingerprint density at radius 1 is 1.19 bits per heavy atom.